The van der Waals surface area contributed by atoms with Gasteiger partial charge in [0.25, 0.3) is 0 Å². The summed E-state index contributed by atoms with van der Waals surface area (Å²) in [6.07, 6.45) is 0.651. The van der Waals surface area contributed by atoms with Crippen LogP contribution in [0.25, 0.3) is 11.4 Å². The topological polar surface area (TPSA) is 77.7 Å². The first-order valence-corrected chi connectivity index (χ1v) is 9.89. The van der Waals surface area contributed by atoms with E-state index in [1.165, 1.54) is 18.1 Å². The number of ether oxygens (including phenoxy) is 2. The Bertz CT molecular complexity index is 1080. The van der Waals surface area contributed by atoms with Crippen molar-refractivity contribution in [2.45, 2.75) is 32.4 Å². The summed E-state index contributed by atoms with van der Waals surface area (Å²) in [5.74, 6) is 0.0148. The molecule has 1 atom stereocenters. The van der Waals surface area contributed by atoms with Crippen molar-refractivity contribution in [3.63, 3.8) is 0 Å². The van der Waals surface area contributed by atoms with Crippen LogP contribution in [0.15, 0.2) is 40.9 Å². The molecule has 3 aromatic rings. The average Bonchev–Trinajstić information content (AvgIpc) is 3.38. The second-order valence-electron chi connectivity index (χ2n) is 7.03. The summed E-state index contributed by atoms with van der Waals surface area (Å²) in [5, 5.41) is 4.02. The molecule has 0 saturated carbocycles. The fourth-order valence-corrected chi connectivity index (χ4v) is 3.61. The number of carbonyl (C=O) groups is 1. The number of amides is 1. The van der Waals surface area contributed by atoms with Crippen LogP contribution < -0.4 is 9.47 Å². The Morgan fingerprint density at radius 3 is 2.68 bits per heavy atom. The standard InChI is InChI=1S/C22H21F2N3O4/c1-3-30-18-9-7-13(11-19(18)29-2)21-25-22(31-26-21)17-8-10-20(28)27(17)12-14-15(23)5-4-6-16(14)24/h4-7,9,11,17H,3,8,10,12H2,1-2H3. The zero-order chi connectivity index (χ0) is 22.0. The number of likely N-dealkylation sites (tertiary alicyclic amines) is 1. The largest absolute Gasteiger partial charge is 0.493 e. The van der Waals surface area contributed by atoms with Gasteiger partial charge in [0.15, 0.2) is 11.5 Å². The van der Waals surface area contributed by atoms with E-state index in [4.69, 9.17) is 14.0 Å². The van der Waals surface area contributed by atoms with E-state index in [0.29, 0.717) is 35.9 Å². The van der Waals surface area contributed by atoms with Gasteiger partial charge in [-0.2, -0.15) is 4.98 Å². The van der Waals surface area contributed by atoms with Gasteiger partial charge in [-0.25, -0.2) is 8.78 Å². The first-order valence-electron chi connectivity index (χ1n) is 9.89. The van der Waals surface area contributed by atoms with Crippen molar-refractivity contribution in [2.75, 3.05) is 13.7 Å². The van der Waals surface area contributed by atoms with E-state index in [-0.39, 0.29) is 30.3 Å². The third kappa shape index (κ3) is 4.08. The summed E-state index contributed by atoms with van der Waals surface area (Å²) >= 11 is 0. The smallest absolute Gasteiger partial charge is 0.249 e. The number of carbonyl (C=O) groups excluding carboxylic acids is 1. The molecule has 1 amide bonds. The number of nitrogens with zero attached hydrogens (tertiary/aromatic N) is 3. The van der Waals surface area contributed by atoms with Crippen molar-refractivity contribution in [2.24, 2.45) is 0 Å². The molecule has 0 bridgehead atoms. The average molecular weight is 429 g/mol. The molecule has 1 saturated heterocycles. The van der Waals surface area contributed by atoms with Gasteiger partial charge in [-0.1, -0.05) is 11.2 Å². The molecular formula is C22H21F2N3O4. The number of hydrogen-bond donors (Lipinski definition) is 0. The Labute approximate surface area is 177 Å². The summed E-state index contributed by atoms with van der Waals surface area (Å²) in [5.41, 5.74) is 0.477. The van der Waals surface area contributed by atoms with Gasteiger partial charge < -0.3 is 18.9 Å². The number of benzene rings is 2. The molecule has 1 aromatic heterocycles. The van der Waals surface area contributed by atoms with Gasteiger partial charge in [-0.3, -0.25) is 4.79 Å². The lowest BCUT2D eigenvalue weighted by Crippen LogP contribution is -2.28. The second-order valence-corrected chi connectivity index (χ2v) is 7.03. The SMILES string of the molecule is CCOc1ccc(-c2noc(C3CCC(=O)N3Cc3c(F)cccc3F)n2)cc1OC. The van der Waals surface area contributed by atoms with E-state index in [1.807, 2.05) is 6.92 Å². The number of methoxy groups -OCH3 is 1. The third-order valence-electron chi connectivity index (χ3n) is 5.17. The molecule has 1 aliphatic rings. The molecule has 2 aromatic carbocycles. The summed E-state index contributed by atoms with van der Waals surface area (Å²) in [7, 11) is 1.53. The van der Waals surface area contributed by atoms with E-state index >= 15 is 0 Å². The van der Waals surface area contributed by atoms with Crippen LogP contribution in [0.1, 0.15) is 37.3 Å². The minimum Gasteiger partial charge on any atom is -0.493 e. The molecule has 1 unspecified atom stereocenters. The molecular weight excluding hydrogens is 408 g/mol. The van der Waals surface area contributed by atoms with Crippen molar-refractivity contribution < 1.29 is 27.6 Å². The first kappa shape index (κ1) is 20.8. The Kier molecular flexibility index (Phi) is 5.83. The summed E-state index contributed by atoms with van der Waals surface area (Å²) in [6.45, 7) is 2.16. The third-order valence-corrected chi connectivity index (χ3v) is 5.17. The van der Waals surface area contributed by atoms with Gasteiger partial charge in [0.05, 0.1) is 20.3 Å². The van der Waals surface area contributed by atoms with E-state index in [0.717, 1.165) is 12.1 Å². The molecule has 0 aliphatic carbocycles. The summed E-state index contributed by atoms with van der Waals surface area (Å²) < 4.78 is 44.5. The Morgan fingerprint density at radius 2 is 1.97 bits per heavy atom. The highest BCUT2D eigenvalue weighted by Crippen LogP contribution is 2.36. The molecule has 9 heteroatoms. The van der Waals surface area contributed by atoms with Gasteiger partial charge in [0, 0.05) is 17.5 Å². The fourth-order valence-electron chi connectivity index (χ4n) is 3.61. The van der Waals surface area contributed by atoms with Crippen LogP contribution in [-0.4, -0.2) is 34.7 Å². The second kappa shape index (κ2) is 8.71. The van der Waals surface area contributed by atoms with Gasteiger partial charge in [-0.05, 0) is 43.7 Å². The lowest BCUT2D eigenvalue weighted by molar-refractivity contribution is -0.130. The molecule has 0 N–H and O–H groups in total. The van der Waals surface area contributed by atoms with Crippen LogP contribution >= 0.6 is 0 Å². The number of halogens is 2. The molecule has 31 heavy (non-hydrogen) atoms. The van der Waals surface area contributed by atoms with Crippen molar-refractivity contribution >= 4 is 5.91 Å². The minimum atomic E-state index is -0.703. The van der Waals surface area contributed by atoms with Crippen LogP contribution in [0.4, 0.5) is 8.78 Å². The van der Waals surface area contributed by atoms with Gasteiger partial charge in [-0.15, -0.1) is 0 Å². The number of aromatic nitrogens is 2. The van der Waals surface area contributed by atoms with Crippen LogP contribution in [0, 0.1) is 11.6 Å². The van der Waals surface area contributed by atoms with E-state index in [1.54, 1.807) is 18.2 Å². The van der Waals surface area contributed by atoms with Gasteiger partial charge in [0.1, 0.15) is 17.7 Å². The molecule has 1 aliphatic heterocycles. The minimum absolute atomic E-state index is 0.168. The van der Waals surface area contributed by atoms with E-state index in [9.17, 15) is 13.6 Å². The lowest BCUT2D eigenvalue weighted by atomic mass is 10.1. The molecule has 0 spiro atoms. The normalized spacial score (nSPS) is 16.1. The highest BCUT2D eigenvalue weighted by molar-refractivity contribution is 5.79. The molecule has 162 valence electrons. The van der Waals surface area contributed by atoms with E-state index in [2.05, 4.69) is 10.1 Å². The maximum Gasteiger partial charge on any atom is 0.249 e. The Morgan fingerprint density at radius 1 is 1.19 bits per heavy atom. The zero-order valence-electron chi connectivity index (χ0n) is 17.1. The van der Waals surface area contributed by atoms with E-state index < -0.39 is 17.7 Å². The zero-order valence-corrected chi connectivity index (χ0v) is 17.1. The van der Waals surface area contributed by atoms with Crippen LogP contribution in [0.3, 0.4) is 0 Å². The first-order chi connectivity index (χ1) is 15.0. The predicted molar refractivity (Wildman–Crippen MR) is 106 cm³/mol. The van der Waals surface area contributed by atoms with Crippen molar-refractivity contribution in [3.8, 4) is 22.9 Å². The lowest BCUT2D eigenvalue weighted by Gasteiger charge is -2.22. The van der Waals surface area contributed by atoms with Crippen molar-refractivity contribution in [3.05, 3.63) is 59.5 Å². The Hall–Kier alpha value is -3.49. The summed E-state index contributed by atoms with van der Waals surface area (Å²) in [6, 6.07) is 8.31. The van der Waals surface area contributed by atoms with Gasteiger partial charge in [0.2, 0.25) is 17.6 Å². The Balaban J connectivity index is 1.60. The molecule has 1 fully saturated rings. The maximum atomic E-state index is 14.1. The maximum absolute atomic E-state index is 14.1. The van der Waals surface area contributed by atoms with Crippen molar-refractivity contribution in [1.82, 2.24) is 15.0 Å². The quantitative estimate of drug-likeness (QED) is 0.558. The van der Waals surface area contributed by atoms with Crippen LogP contribution in [0.5, 0.6) is 11.5 Å². The van der Waals surface area contributed by atoms with Crippen molar-refractivity contribution in [1.29, 1.82) is 0 Å². The summed E-state index contributed by atoms with van der Waals surface area (Å²) in [4.78, 5) is 18.2. The fraction of sp³-hybridized carbons (Fsp3) is 0.318. The molecule has 7 nitrogen and oxygen atoms in total. The van der Waals surface area contributed by atoms with Crippen LogP contribution in [0.2, 0.25) is 0 Å². The monoisotopic (exact) mass is 429 g/mol. The molecule has 4 rings (SSSR count). The predicted octanol–water partition coefficient (Wildman–Crippen LogP) is 4.29. The number of rotatable bonds is 7. The number of hydrogen-bond acceptors (Lipinski definition) is 6. The van der Waals surface area contributed by atoms with Crippen LogP contribution in [-0.2, 0) is 11.3 Å². The highest BCUT2D eigenvalue weighted by atomic mass is 19.1. The molecule has 2 heterocycles. The van der Waals surface area contributed by atoms with Gasteiger partial charge >= 0.3 is 0 Å². The molecule has 0 radical (unpaired) electrons. The highest BCUT2D eigenvalue weighted by Gasteiger charge is 2.37.